The van der Waals surface area contributed by atoms with E-state index in [0.29, 0.717) is 13.0 Å². The van der Waals surface area contributed by atoms with E-state index in [-0.39, 0.29) is 11.3 Å². The van der Waals surface area contributed by atoms with Gasteiger partial charge in [-0.1, -0.05) is 130 Å². The number of thioether (sulfide) groups is 1. The lowest BCUT2D eigenvalue weighted by molar-refractivity contribution is -0.118. The minimum atomic E-state index is -0.0132. The molecule has 1 aliphatic rings. The molecule has 0 saturated carbocycles. The molecule has 1 amide bonds. The van der Waals surface area contributed by atoms with E-state index >= 15 is 0 Å². The predicted octanol–water partition coefficient (Wildman–Crippen LogP) is 11.4. The third-order valence-electron chi connectivity index (χ3n) is 8.51. The maximum absolute atomic E-state index is 13.1. The Morgan fingerprint density at radius 1 is 0.841 bits per heavy atom. The van der Waals surface area contributed by atoms with Crippen LogP contribution in [0.4, 0.5) is 5.69 Å². The summed E-state index contributed by atoms with van der Waals surface area (Å²) in [5.74, 6) is 2.10. The van der Waals surface area contributed by atoms with Crippen LogP contribution in [0.15, 0.2) is 53.6 Å². The second kappa shape index (κ2) is 19.2. The molecule has 0 unspecified atom stereocenters. The van der Waals surface area contributed by atoms with Gasteiger partial charge in [0.2, 0.25) is 5.91 Å². The number of hydrogen-bond donors (Lipinski definition) is 0. The average Bonchev–Trinajstić information content (AvgIpc) is 3.42. The van der Waals surface area contributed by atoms with E-state index in [1.165, 1.54) is 86.7 Å². The second-order valence-corrected chi connectivity index (χ2v) is 14.8. The Hall–Kier alpha value is -2.40. The number of nitrogens with zero attached hydrogens (tertiary/aromatic N) is 2. The Morgan fingerprint density at radius 2 is 1.43 bits per heavy atom. The van der Waals surface area contributed by atoms with Crippen molar-refractivity contribution in [2.24, 2.45) is 0 Å². The fourth-order valence-corrected chi connectivity index (χ4v) is 6.61. The molecule has 5 heteroatoms. The van der Waals surface area contributed by atoms with Gasteiger partial charge in [0.25, 0.3) is 0 Å². The largest absolute Gasteiger partial charge is 0.493 e. The molecule has 244 valence electrons. The first-order valence-electron chi connectivity index (χ1n) is 17.4. The first-order chi connectivity index (χ1) is 21.2. The minimum Gasteiger partial charge on any atom is -0.493 e. The van der Waals surface area contributed by atoms with Crippen molar-refractivity contribution in [2.45, 2.75) is 144 Å². The highest BCUT2D eigenvalue weighted by atomic mass is 32.2. The molecule has 0 aliphatic carbocycles. The van der Waals surface area contributed by atoms with Crippen molar-refractivity contribution in [2.75, 3.05) is 17.4 Å². The van der Waals surface area contributed by atoms with Crippen LogP contribution in [-0.2, 0) is 23.3 Å². The Morgan fingerprint density at radius 3 is 1.98 bits per heavy atom. The van der Waals surface area contributed by atoms with Crippen LogP contribution in [0.2, 0.25) is 0 Å². The topological polar surface area (TPSA) is 32.8 Å². The van der Waals surface area contributed by atoms with Gasteiger partial charge in [-0.05, 0) is 58.6 Å². The molecule has 4 nitrogen and oxygen atoms in total. The van der Waals surface area contributed by atoms with E-state index in [1.807, 2.05) is 23.6 Å². The Bertz CT molecular complexity index is 1150. The number of benzene rings is 2. The van der Waals surface area contributed by atoms with Crippen molar-refractivity contribution in [3.8, 4) is 5.75 Å². The van der Waals surface area contributed by atoms with E-state index in [4.69, 9.17) is 4.74 Å². The standard InChI is InChI=1S/C39H60N2O2S/c1-7-9-10-11-12-13-14-15-16-17-18-19-26-43-37-27-34(22-25-36(37)39(4,5)6)30-41(38(42)8-2)35-23-20-33(21-24-35)29-40-28-32(3)44-31-40/h20-25,27-28H,7-19,26,29-31H2,1-6H3. The number of hydrogen-bond acceptors (Lipinski definition) is 4. The van der Waals surface area contributed by atoms with Crippen molar-refractivity contribution < 1.29 is 9.53 Å². The summed E-state index contributed by atoms with van der Waals surface area (Å²) in [4.78, 5) is 18.7. The van der Waals surface area contributed by atoms with Crippen molar-refractivity contribution >= 4 is 23.4 Å². The molecule has 0 fully saturated rings. The molecule has 2 aromatic rings. The van der Waals surface area contributed by atoms with Crippen molar-refractivity contribution in [1.82, 2.24) is 4.90 Å². The summed E-state index contributed by atoms with van der Waals surface area (Å²) >= 11 is 1.88. The molecule has 44 heavy (non-hydrogen) atoms. The molecule has 1 aliphatic heterocycles. The lowest BCUT2D eigenvalue weighted by Gasteiger charge is -2.26. The van der Waals surface area contributed by atoms with Crippen LogP contribution in [0.1, 0.15) is 142 Å². The molecule has 0 atom stereocenters. The van der Waals surface area contributed by atoms with Crippen LogP contribution in [0.25, 0.3) is 0 Å². The zero-order valence-corrected chi connectivity index (χ0v) is 29.6. The first kappa shape index (κ1) is 36.1. The van der Waals surface area contributed by atoms with Crippen molar-refractivity contribution in [1.29, 1.82) is 0 Å². The SMILES string of the molecule is CCCCCCCCCCCCCCOc1cc(CN(C(=O)CC)c2ccc(CN3C=C(C)SC3)cc2)ccc1C(C)(C)C. The molecule has 2 aromatic carbocycles. The third kappa shape index (κ3) is 12.5. The number of ether oxygens (including phenoxy) is 1. The highest BCUT2D eigenvalue weighted by Crippen LogP contribution is 2.33. The quantitative estimate of drug-likeness (QED) is 0.138. The number of anilines is 1. The summed E-state index contributed by atoms with van der Waals surface area (Å²) < 4.78 is 6.44. The molecule has 0 aromatic heterocycles. The summed E-state index contributed by atoms with van der Waals surface area (Å²) in [5.41, 5.74) is 4.51. The minimum absolute atomic E-state index is 0.0132. The number of rotatable bonds is 20. The number of unbranched alkanes of at least 4 members (excludes halogenated alkanes) is 11. The number of carbonyl (C=O) groups excluding carboxylic acids is 1. The fraction of sp³-hybridized carbons (Fsp3) is 0.615. The molecule has 3 rings (SSSR count). The summed E-state index contributed by atoms with van der Waals surface area (Å²) in [7, 11) is 0. The van der Waals surface area contributed by atoms with Gasteiger partial charge >= 0.3 is 0 Å². The van der Waals surface area contributed by atoms with E-state index in [9.17, 15) is 4.79 Å². The van der Waals surface area contributed by atoms with E-state index in [2.05, 4.69) is 88.2 Å². The molecule has 0 N–H and O–H groups in total. The van der Waals surface area contributed by atoms with Crippen molar-refractivity contribution in [3.63, 3.8) is 0 Å². The molecule has 0 saturated heterocycles. The maximum atomic E-state index is 13.1. The zero-order valence-electron chi connectivity index (χ0n) is 28.8. The first-order valence-corrected chi connectivity index (χ1v) is 18.4. The Labute approximate surface area is 274 Å². The van der Waals surface area contributed by atoms with E-state index < -0.39 is 0 Å². The van der Waals surface area contributed by atoms with E-state index in [1.54, 1.807) is 0 Å². The van der Waals surface area contributed by atoms with Gasteiger partial charge in [0, 0.05) is 24.9 Å². The van der Waals surface area contributed by atoms with Crippen LogP contribution in [0.5, 0.6) is 5.75 Å². The maximum Gasteiger partial charge on any atom is 0.227 e. The molecule has 0 spiro atoms. The van der Waals surface area contributed by atoms with Crippen LogP contribution in [0.3, 0.4) is 0 Å². The third-order valence-corrected chi connectivity index (χ3v) is 9.53. The molecule has 1 heterocycles. The Kier molecular flexibility index (Phi) is 15.7. The van der Waals surface area contributed by atoms with Gasteiger partial charge in [-0.2, -0.15) is 0 Å². The zero-order chi connectivity index (χ0) is 31.8. The highest BCUT2D eigenvalue weighted by molar-refractivity contribution is 8.03. The summed E-state index contributed by atoms with van der Waals surface area (Å²) in [6, 6.07) is 15.0. The molecule has 0 bridgehead atoms. The van der Waals surface area contributed by atoms with Gasteiger partial charge in [-0.25, -0.2) is 0 Å². The highest BCUT2D eigenvalue weighted by Gasteiger charge is 2.21. The van der Waals surface area contributed by atoms with Crippen LogP contribution in [0, 0.1) is 0 Å². The normalized spacial score (nSPS) is 13.3. The monoisotopic (exact) mass is 620 g/mol. The predicted molar refractivity (Wildman–Crippen MR) is 191 cm³/mol. The number of carbonyl (C=O) groups is 1. The van der Waals surface area contributed by atoms with Gasteiger partial charge in [0.1, 0.15) is 5.75 Å². The van der Waals surface area contributed by atoms with Gasteiger partial charge in [-0.3, -0.25) is 4.79 Å². The summed E-state index contributed by atoms with van der Waals surface area (Å²) in [6.07, 6.45) is 18.8. The fourth-order valence-electron chi connectivity index (χ4n) is 5.85. The molecule has 0 radical (unpaired) electrons. The number of allylic oxidation sites excluding steroid dienone is 1. The average molecular weight is 621 g/mol. The number of amides is 1. The molecular formula is C39H60N2O2S. The van der Waals surface area contributed by atoms with E-state index in [0.717, 1.165) is 42.4 Å². The van der Waals surface area contributed by atoms with Crippen LogP contribution >= 0.6 is 11.8 Å². The van der Waals surface area contributed by atoms with Crippen LogP contribution < -0.4 is 9.64 Å². The van der Waals surface area contributed by atoms with Crippen LogP contribution in [-0.4, -0.2) is 23.3 Å². The van der Waals surface area contributed by atoms with Gasteiger partial charge < -0.3 is 14.5 Å². The summed E-state index contributed by atoms with van der Waals surface area (Å²) in [6.45, 7) is 15.3. The van der Waals surface area contributed by atoms with Gasteiger partial charge in [0.15, 0.2) is 0 Å². The Balaban J connectivity index is 1.53. The molecular weight excluding hydrogens is 561 g/mol. The lowest BCUT2D eigenvalue weighted by Crippen LogP contribution is -2.29. The smallest absolute Gasteiger partial charge is 0.227 e. The van der Waals surface area contributed by atoms with Gasteiger partial charge in [0.05, 0.1) is 19.0 Å². The van der Waals surface area contributed by atoms with Crippen molar-refractivity contribution in [3.05, 3.63) is 70.3 Å². The lowest BCUT2D eigenvalue weighted by atomic mass is 9.85. The summed E-state index contributed by atoms with van der Waals surface area (Å²) in [5, 5.41) is 0. The van der Waals surface area contributed by atoms with Gasteiger partial charge in [-0.15, -0.1) is 11.8 Å². The second-order valence-electron chi connectivity index (χ2n) is 13.6.